The van der Waals surface area contributed by atoms with Crippen molar-refractivity contribution in [2.75, 3.05) is 24.6 Å². The van der Waals surface area contributed by atoms with E-state index >= 15 is 0 Å². The van der Waals surface area contributed by atoms with Crippen LogP contribution >= 0.6 is 12.2 Å². The molecule has 2 aromatic rings. The van der Waals surface area contributed by atoms with Gasteiger partial charge in [-0.3, -0.25) is 5.43 Å². The lowest BCUT2D eigenvalue weighted by atomic mass is 10.2. The molecule has 27 heavy (non-hydrogen) atoms. The summed E-state index contributed by atoms with van der Waals surface area (Å²) < 4.78 is 5.43. The molecule has 144 valence electrons. The largest absolute Gasteiger partial charge is 0.494 e. The van der Waals surface area contributed by atoms with Crippen LogP contribution in [-0.4, -0.2) is 31.0 Å². The summed E-state index contributed by atoms with van der Waals surface area (Å²) in [7, 11) is 0. The summed E-state index contributed by atoms with van der Waals surface area (Å²) in [5.41, 5.74) is 6.21. The minimum atomic E-state index is 0.486. The third-order valence-electron chi connectivity index (χ3n) is 4.09. The number of hydrogen-bond donors (Lipinski definition) is 2. The van der Waals surface area contributed by atoms with E-state index in [1.54, 1.807) is 6.21 Å². The Balaban J connectivity index is 1.77. The zero-order chi connectivity index (χ0) is 19.5. The quantitative estimate of drug-likeness (QED) is 0.390. The number of hydrazone groups is 1. The van der Waals surface area contributed by atoms with Crippen LogP contribution in [0.5, 0.6) is 5.75 Å². The van der Waals surface area contributed by atoms with Crippen LogP contribution in [-0.2, 0) is 6.54 Å². The molecule has 0 amide bonds. The molecule has 0 atom stereocenters. The minimum absolute atomic E-state index is 0.486. The van der Waals surface area contributed by atoms with Crippen LogP contribution < -0.4 is 20.4 Å². The molecule has 0 aliphatic carbocycles. The highest BCUT2D eigenvalue weighted by atomic mass is 32.1. The van der Waals surface area contributed by atoms with E-state index in [1.165, 1.54) is 5.69 Å². The Morgan fingerprint density at radius 2 is 1.70 bits per heavy atom. The first-order valence-electron chi connectivity index (χ1n) is 9.29. The summed E-state index contributed by atoms with van der Waals surface area (Å²) in [6.07, 6.45) is 1.76. The standard InChI is InChI=1S/C21H28N4OS/c1-4-25(5-2)19-11-7-18(8-12-19)16-23-24-21(27)22-15-17-9-13-20(14-10-17)26-6-3/h7-14,16H,4-6,15H2,1-3H3,(H2,22,24,27)/b23-16+. The van der Waals surface area contributed by atoms with Crippen molar-refractivity contribution in [1.29, 1.82) is 0 Å². The molecule has 0 aromatic heterocycles. The van der Waals surface area contributed by atoms with Gasteiger partial charge >= 0.3 is 0 Å². The zero-order valence-corrected chi connectivity index (χ0v) is 17.1. The second-order valence-electron chi connectivity index (χ2n) is 5.89. The van der Waals surface area contributed by atoms with E-state index in [1.807, 2.05) is 31.2 Å². The number of nitrogens with one attached hydrogen (secondary N) is 2. The fourth-order valence-electron chi connectivity index (χ4n) is 2.62. The van der Waals surface area contributed by atoms with Crippen molar-refractivity contribution < 1.29 is 4.74 Å². The van der Waals surface area contributed by atoms with Crippen LogP contribution in [0.1, 0.15) is 31.9 Å². The molecule has 0 saturated heterocycles. The van der Waals surface area contributed by atoms with Gasteiger partial charge in [0.2, 0.25) is 0 Å². The van der Waals surface area contributed by atoms with Gasteiger partial charge in [0, 0.05) is 25.3 Å². The maximum Gasteiger partial charge on any atom is 0.187 e. The molecule has 0 bridgehead atoms. The Morgan fingerprint density at radius 3 is 2.30 bits per heavy atom. The van der Waals surface area contributed by atoms with Gasteiger partial charge in [-0.2, -0.15) is 5.10 Å². The highest BCUT2D eigenvalue weighted by molar-refractivity contribution is 7.80. The third-order valence-corrected chi connectivity index (χ3v) is 4.32. The summed E-state index contributed by atoms with van der Waals surface area (Å²) >= 11 is 5.26. The lowest BCUT2D eigenvalue weighted by Crippen LogP contribution is -2.31. The first kappa shape index (κ1) is 20.7. The van der Waals surface area contributed by atoms with Gasteiger partial charge in [-0.1, -0.05) is 24.3 Å². The van der Waals surface area contributed by atoms with E-state index in [9.17, 15) is 0 Å². The van der Waals surface area contributed by atoms with Gasteiger partial charge in [-0.05, 0) is 68.4 Å². The Bertz CT molecular complexity index is 725. The van der Waals surface area contributed by atoms with Crippen molar-refractivity contribution in [3.8, 4) is 5.75 Å². The van der Waals surface area contributed by atoms with Crippen molar-refractivity contribution in [2.24, 2.45) is 5.10 Å². The summed E-state index contributed by atoms with van der Waals surface area (Å²) in [5, 5.41) is 7.82. The molecule has 2 N–H and O–H groups in total. The number of rotatable bonds is 9. The molecule has 0 saturated carbocycles. The van der Waals surface area contributed by atoms with Gasteiger partial charge in [0.05, 0.1) is 12.8 Å². The van der Waals surface area contributed by atoms with Crippen LogP contribution in [0, 0.1) is 0 Å². The number of anilines is 1. The molecule has 0 aliphatic rings. The zero-order valence-electron chi connectivity index (χ0n) is 16.2. The summed E-state index contributed by atoms with van der Waals surface area (Å²) in [4.78, 5) is 2.30. The topological polar surface area (TPSA) is 48.9 Å². The summed E-state index contributed by atoms with van der Waals surface area (Å²) in [6.45, 7) is 9.58. The number of nitrogens with zero attached hydrogens (tertiary/aromatic N) is 2. The fourth-order valence-corrected chi connectivity index (χ4v) is 2.74. The highest BCUT2D eigenvalue weighted by Gasteiger charge is 2.00. The van der Waals surface area contributed by atoms with E-state index in [0.29, 0.717) is 18.3 Å². The molecule has 0 unspecified atom stereocenters. The van der Waals surface area contributed by atoms with Gasteiger partial charge in [-0.15, -0.1) is 0 Å². The maximum atomic E-state index is 5.43. The Hall–Kier alpha value is -2.60. The van der Waals surface area contributed by atoms with E-state index < -0.39 is 0 Å². The van der Waals surface area contributed by atoms with E-state index in [2.05, 4.69) is 58.9 Å². The molecule has 2 rings (SSSR count). The molecular weight excluding hydrogens is 356 g/mol. The fraction of sp³-hybridized carbons (Fsp3) is 0.333. The molecule has 0 aliphatic heterocycles. The van der Waals surface area contributed by atoms with Crippen LogP contribution in [0.15, 0.2) is 53.6 Å². The number of ether oxygens (including phenoxy) is 1. The Kier molecular flexibility index (Phi) is 8.58. The minimum Gasteiger partial charge on any atom is -0.494 e. The van der Waals surface area contributed by atoms with E-state index in [4.69, 9.17) is 17.0 Å². The first-order chi connectivity index (χ1) is 13.2. The Labute approximate surface area is 167 Å². The average Bonchev–Trinajstić information content (AvgIpc) is 2.70. The number of thiocarbonyl (C=S) groups is 1. The highest BCUT2D eigenvalue weighted by Crippen LogP contribution is 2.14. The molecule has 0 fully saturated rings. The molecule has 0 radical (unpaired) electrons. The van der Waals surface area contributed by atoms with Crippen LogP contribution in [0.4, 0.5) is 5.69 Å². The smallest absolute Gasteiger partial charge is 0.187 e. The van der Waals surface area contributed by atoms with Crippen LogP contribution in [0.2, 0.25) is 0 Å². The van der Waals surface area contributed by atoms with Gasteiger partial charge < -0.3 is 15.0 Å². The van der Waals surface area contributed by atoms with Crippen LogP contribution in [0.25, 0.3) is 0 Å². The predicted molar refractivity (Wildman–Crippen MR) is 118 cm³/mol. The SMILES string of the molecule is CCOc1ccc(CNC(=S)N/N=C/c2ccc(N(CC)CC)cc2)cc1. The number of benzene rings is 2. The van der Waals surface area contributed by atoms with Crippen LogP contribution in [0.3, 0.4) is 0 Å². The second-order valence-corrected chi connectivity index (χ2v) is 6.30. The average molecular weight is 385 g/mol. The van der Waals surface area contributed by atoms with E-state index in [-0.39, 0.29) is 0 Å². The normalized spacial score (nSPS) is 10.6. The van der Waals surface area contributed by atoms with Crippen molar-refractivity contribution in [3.63, 3.8) is 0 Å². The number of hydrogen-bond acceptors (Lipinski definition) is 4. The van der Waals surface area contributed by atoms with Crippen molar-refractivity contribution in [3.05, 3.63) is 59.7 Å². The van der Waals surface area contributed by atoms with Crippen molar-refractivity contribution in [1.82, 2.24) is 10.7 Å². The maximum absolute atomic E-state index is 5.43. The predicted octanol–water partition coefficient (Wildman–Crippen LogP) is 3.93. The first-order valence-corrected chi connectivity index (χ1v) is 9.70. The lowest BCUT2D eigenvalue weighted by Gasteiger charge is -2.20. The van der Waals surface area contributed by atoms with Gasteiger partial charge in [0.1, 0.15) is 5.75 Å². The molecule has 6 heteroatoms. The lowest BCUT2D eigenvalue weighted by molar-refractivity contribution is 0.340. The van der Waals surface area contributed by atoms with Gasteiger partial charge in [-0.25, -0.2) is 0 Å². The molecule has 0 spiro atoms. The van der Waals surface area contributed by atoms with Crippen molar-refractivity contribution in [2.45, 2.75) is 27.3 Å². The monoisotopic (exact) mass is 384 g/mol. The van der Waals surface area contributed by atoms with Gasteiger partial charge in [0.15, 0.2) is 5.11 Å². The summed E-state index contributed by atoms with van der Waals surface area (Å²) in [6, 6.07) is 16.3. The van der Waals surface area contributed by atoms with E-state index in [0.717, 1.165) is 30.0 Å². The second kappa shape index (κ2) is 11.2. The van der Waals surface area contributed by atoms with Crippen molar-refractivity contribution >= 4 is 29.2 Å². The van der Waals surface area contributed by atoms with Gasteiger partial charge in [0.25, 0.3) is 0 Å². The summed E-state index contributed by atoms with van der Waals surface area (Å²) in [5.74, 6) is 0.874. The molecular formula is C21H28N4OS. The molecule has 2 aromatic carbocycles. The third kappa shape index (κ3) is 6.90. The molecule has 5 nitrogen and oxygen atoms in total. The Morgan fingerprint density at radius 1 is 1.04 bits per heavy atom. The molecule has 0 heterocycles.